The van der Waals surface area contributed by atoms with Gasteiger partial charge < -0.3 is 9.80 Å². The van der Waals surface area contributed by atoms with E-state index in [1.807, 2.05) is 0 Å². The van der Waals surface area contributed by atoms with Crippen molar-refractivity contribution in [3.63, 3.8) is 0 Å². The molecule has 0 unspecified atom stereocenters. The maximum atomic E-state index is 3.94. The lowest BCUT2D eigenvalue weighted by Gasteiger charge is -2.45. The van der Waals surface area contributed by atoms with E-state index in [4.69, 9.17) is 0 Å². The predicted octanol–water partition coefficient (Wildman–Crippen LogP) is 8.72. The molecule has 5 aromatic carbocycles. The Morgan fingerprint density at radius 3 is 1.66 bits per heavy atom. The van der Waals surface area contributed by atoms with Gasteiger partial charge in [-0.15, -0.1) is 0 Å². The van der Waals surface area contributed by atoms with Crippen LogP contribution in [0.5, 0.6) is 0 Å². The molecular formula is C42H46BN2PSi. The number of rotatable bonds is 3. The van der Waals surface area contributed by atoms with Crippen LogP contribution in [-0.2, 0) is 10.8 Å². The summed E-state index contributed by atoms with van der Waals surface area (Å²) in [5.41, 5.74) is 19.8. The molecule has 0 N–H and O–H groups in total. The van der Waals surface area contributed by atoms with Crippen molar-refractivity contribution in [2.24, 2.45) is 0 Å². The van der Waals surface area contributed by atoms with E-state index in [-0.39, 0.29) is 26.3 Å². The van der Waals surface area contributed by atoms with E-state index < -0.39 is 0 Å². The van der Waals surface area contributed by atoms with Gasteiger partial charge in [-0.2, -0.15) is 8.38 Å². The van der Waals surface area contributed by atoms with Crippen LogP contribution in [0.25, 0.3) is 0 Å². The summed E-state index contributed by atoms with van der Waals surface area (Å²) in [7, 11) is 3.94. The zero-order valence-corrected chi connectivity index (χ0v) is 31.8. The van der Waals surface area contributed by atoms with Crippen LogP contribution in [0.4, 0.5) is 34.1 Å². The maximum Gasteiger partial charge on any atom is 0.252 e. The second-order valence-electron chi connectivity index (χ2n) is 15.9. The Hall–Kier alpha value is -3.72. The van der Waals surface area contributed by atoms with Gasteiger partial charge in [0, 0.05) is 28.4 Å². The van der Waals surface area contributed by atoms with Gasteiger partial charge in [0.1, 0.15) is 0 Å². The van der Waals surface area contributed by atoms with Crippen molar-refractivity contribution in [1.29, 1.82) is 0 Å². The lowest BCUT2D eigenvalue weighted by atomic mass is 9.33. The minimum Gasteiger partial charge on any atom is -0.311 e. The Bertz CT molecular complexity index is 2060. The monoisotopic (exact) mass is 648 g/mol. The van der Waals surface area contributed by atoms with Crippen LogP contribution < -0.4 is 31.4 Å². The van der Waals surface area contributed by atoms with Gasteiger partial charge in [0.05, 0.1) is 14.5 Å². The highest BCUT2D eigenvalue weighted by Crippen LogP contribution is 2.46. The quantitative estimate of drug-likeness (QED) is 0.140. The molecule has 2 aliphatic heterocycles. The van der Waals surface area contributed by atoms with Crippen LogP contribution in [0.1, 0.15) is 74.9 Å². The molecule has 0 spiro atoms. The second-order valence-corrected chi connectivity index (χ2v) is 17.7. The van der Waals surface area contributed by atoms with E-state index in [0.717, 1.165) is 0 Å². The molecule has 7 rings (SSSR count). The molecular weight excluding hydrogens is 602 g/mol. The molecule has 0 amide bonds. The fourth-order valence-corrected chi connectivity index (χ4v) is 8.87. The fraction of sp³-hybridized carbons (Fsp3) is 0.286. The Balaban J connectivity index is 1.60. The van der Waals surface area contributed by atoms with E-state index in [0.29, 0.717) is 0 Å². The molecule has 0 atom stereocenters. The van der Waals surface area contributed by atoms with Gasteiger partial charge in [-0.25, -0.2) is 0 Å². The minimum atomic E-state index is 0.00224. The van der Waals surface area contributed by atoms with Gasteiger partial charge in [0.15, 0.2) is 0 Å². The summed E-state index contributed by atoms with van der Waals surface area (Å²) >= 11 is 0. The summed E-state index contributed by atoms with van der Waals surface area (Å²) in [6.45, 7) is 23.0. The van der Waals surface area contributed by atoms with E-state index in [1.54, 1.807) is 0 Å². The van der Waals surface area contributed by atoms with Gasteiger partial charge in [0.2, 0.25) is 0 Å². The van der Waals surface area contributed by atoms with Crippen LogP contribution in [0.15, 0.2) is 84.9 Å². The molecule has 0 bridgehead atoms. The number of hydrogen-bond donors (Lipinski definition) is 0. The average Bonchev–Trinajstić information content (AvgIpc) is 3.00. The number of fused-ring (bicyclic) bond motifs is 4. The first-order valence-electron chi connectivity index (χ1n) is 16.9. The SMILES string of the molecule is Cc1cc(C)c(N2c3ccc([SiH]=P)cc3B3c4cc(C(C)(C)C)ccc4N(c4ccc(C(C)(C)C)cc4)c4cc(C)cc2c43)c(C)c1. The third-order valence-corrected chi connectivity index (χ3v) is 11.8. The molecule has 0 radical (unpaired) electrons. The van der Waals surface area contributed by atoms with Gasteiger partial charge in [-0.3, -0.25) is 0 Å². The standard InChI is InChI=1S/C42H46BN2PSi/c1-25-19-27(3)40(28(4)20-25)45-36-18-16-32(47-46)24-34(36)43-33-23-30(42(8,9)10)13-17-35(33)44(37-21-26(2)22-38(45)39(37)43)31-14-11-29(12-15-31)41(5,6)7/h11-24,46-47H,1-10H3. The lowest BCUT2D eigenvalue weighted by molar-refractivity contribution is 0.590. The van der Waals surface area contributed by atoms with Gasteiger partial charge >= 0.3 is 0 Å². The topological polar surface area (TPSA) is 6.48 Å². The van der Waals surface area contributed by atoms with E-state index in [1.165, 1.54) is 89.1 Å². The first-order valence-corrected chi connectivity index (χ1v) is 19.8. The molecule has 2 nitrogen and oxygen atoms in total. The van der Waals surface area contributed by atoms with Crippen molar-refractivity contribution in [1.82, 2.24) is 0 Å². The van der Waals surface area contributed by atoms with E-state index >= 15 is 0 Å². The zero-order valence-electron chi connectivity index (χ0n) is 29.6. The molecule has 0 fully saturated rings. The fourth-order valence-electron chi connectivity index (χ4n) is 7.87. The summed E-state index contributed by atoms with van der Waals surface area (Å²) in [5, 5.41) is 1.38. The number of anilines is 6. The van der Waals surface area contributed by atoms with Crippen molar-refractivity contribution in [3.05, 3.63) is 118 Å². The lowest BCUT2D eigenvalue weighted by Crippen LogP contribution is -2.62. The van der Waals surface area contributed by atoms with Crippen molar-refractivity contribution < 1.29 is 0 Å². The van der Waals surface area contributed by atoms with Crippen LogP contribution in [0.3, 0.4) is 0 Å². The number of benzene rings is 5. The molecule has 5 aromatic rings. The van der Waals surface area contributed by atoms with Gasteiger partial charge in [-0.1, -0.05) is 95.6 Å². The largest absolute Gasteiger partial charge is 0.311 e. The average molecular weight is 649 g/mol. The molecule has 0 saturated heterocycles. The van der Waals surface area contributed by atoms with Crippen LogP contribution in [-0.4, -0.2) is 15.5 Å². The summed E-state index contributed by atoms with van der Waals surface area (Å²) < 4.78 is 0. The predicted molar refractivity (Wildman–Crippen MR) is 212 cm³/mol. The van der Waals surface area contributed by atoms with E-state index in [9.17, 15) is 0 Å². The van der Waals surface area contributed by atoms with Crippen molar-refractivity contribution in [3.8, 4) is 0 Å². The van der Waals surface area contributed by atoms with Crippen LogP contribution in [0, 0.1) is 27.7 Å². The van der Waals surface area contributed by atoms with Crippen molar-refractivity contribution in [2.75, 3.05) is 9.80 Å². The Labute approximate surface area is 286 Å². The Morgan fingerprint density at radius 2 is 1.06 bits per heavy atom. The molecule has 0 saturated carbocycles. The Morgan fingerprint density at radius 1 is 0.553 bits per heavy atom. The molecule has 2 heterocycles. The highest BCUT2D eigenvalue weighted by Gasteiger charge is 2.44. The van der Waals surface area contributed by atoms with Crippen LogP contribution >= 0.6 is 8.38 Å². The van der Waals surface area contributed by atoms with Gasteiger partial charge in [-0.05, 0) is 124 Å². The first kappa shape index (κ1) is 31.9. The zero-order chi connectivity index (χ0) is 33.6. The van der Waals surface area contributed by atoms with Gasteiger partial charge in [0.25, 0.3) is 6.71 Å². The molecule has 0 aromatic heterocycles. The third kappa shape index (κ3) is 5.25. The highest BCUT2D eigenvalue weighted by molar-refractivity contribution is 7.33. The summed E-state index contributed by atoms with van der Waals surface area (Å²) in [5.74, 6) is 0. The Kier molecular flexibility index (Phi) is 7.58. The third-order valence-electron chi connectivity index (χ3n) is 10.1. The normalized spacial score (nSPS) is 13.7. The number of nitrogens with zero attached hydrogens (tertiary/aromatic N) is 2. The molecule has 2 aliphatic rings. The maximum absolute atomic E-state index is 3.94. The van der Waals surface area contributed by atoms with Crippen molar-refractivity contribution in [2.45, 2.75) is 80.1 Å². The molecule has 0 aliphatic carbocycles. The molecule has 47 heavy (non-hydrogen) atoms. The van der Waals surface area contributed by atoms with E-state index in [2.05, 4.69) is 172 Å². The summed E-state index contributed by atoms with van der Waals surface area (Å²) in [6.07, 6.45) is 0. The smallest absolute Gasteiger partial charge is 0.252 e. The highest BCUT2D eigenvalue weighted by atomic mass is 31.1. The molecule has 236 valence electrons. The summed E-state index contributed by atoms with van der Waals surface area (Å²) in [6, 6.07) is 33.2. The van der Waals surface area contributed by atoms with Crippen LogP contribution in [0.2, 0.25) is 0 Å². The van der Waals surface area contributed by atoms with Crippen molar-refractivity contribution >= 4 is 79.6 Å². The second kappa shape index (κ2) is 11.2. The first-order chi connectivity index (χ1) is 22.2. The minimum absolute atomic E-state index is 0.00224. The number of aryl methyl sites for hydroxylation is 4. The molecule has 5 heteroatoms. The summed E-state index contributed by atoms with van der Waals surface area (Å²) in [4.78, 5) is 5.11. The number of hydrogen-bond acceptors (Lipinski definition) is 2.